The van der Waals surface area contributed by atoms with Crippen LogP contribution in [0.15, 0.2) is 54.6 Å². The minimum atomic E-state index is -0.113. The van der Waals surface area contributed by atoms with Crippen LogP contribution in [0.2, 0.25) is 0 Å². The molecule has 0 unspecified atom stereocenters. The number of anilines is 1. The molecule has 2 aromatic rings. The van der Waals surface area contributed by atoms with Gasteiger partial charge in [0.15, 0.2) is 0 Å². The van der Waals surface area contributed by atoms with Gasteiger partial charge >= 0.3 is 6.03 Å². The van der Waals surface area contributed by atoms with Crippen molar-refractivity contribution in [3.63, 3.8) is 0 Å². The zero-order chi connectivity index (χ0) is 19.1. The number of nitrogens with zero attached hydrogens (tertiary/aromatic N) is 1. The van der Waals surface area contributed by atoms with Crippen LogP contribution in [0.1, 0.15) is 18.4 Å². The summed E-state index contributed by atoms with van der Waals surface area (Å²) in [5, 5.41) is 5.88. The Morgan fingerprint density at radius 3 is 2.33 bits per heavy atom. The third-order valence-electron chi connectivity index (χ3n) is 4.80. The van der Waals surface area contributed by atoms with Gasteiger partial charge in [0.1, 0.15) is 5.75 Å². The Kier molecular flexibility index (Phi) is 6.30. The molecule has 0 aliphatic carbocycles. The van der Waals surface area contributed by atoms with Gasteiger partial charge in [0.25, 0.3) is 0 Å². The summed E-state index contributed by atoms with van der Waals surface area (Å²) < 4.78 is 5.13. The first-order valence-electron chi connectivity index (χ1n) is 9.17. The van der Waals surface area contributed by atoms with Crippen LogP contribution in [0.5, 0.6) is 5.75 Å². The van der Waals surface area contributed by atoms with E-state index in [0.717, 1.165) is 17.0 Å². The van der Waals surface area contributed by atoms with Crippen molar-refractivity contribution in [1.29, 1.82) is 0 Å². The summed E-state index contributed by atoms with van der Waals surface area (Å²) in [5.74, 6) is 0.796. The number of piperidine rings is 1. The zero-order valence-corrected chi connectivity index (χ0v) is 15.5. The van der Waals surface area contributed by atoms with Gasteiger partial charge in [-0.1, -0.05) is 30.3 Å². The largest absolute Gasteiger partial charge is 0.497 e. The zero-order valence-electron chi connectivity index (χ0n) is 15.5. The molecule has 0 spiro atoms. The Morgan fingerprint density at radius 2 is 1.70 bits per heavy atom. The number of urea groups is 1. The van der Waals surface area contributed by atoms with Gasteiger partial charge in [0, 0.05) is 31.2 Å². The molecule has 0 bridgehead atoms. The normalized spacial score (nSPS) is 14.5. The minimum absolute atomic E-state index is 0.0499. The van der Waals surface area contributed by atoms with E-state index in [0.29, 0.717) is 32.5 Å². The SMILES string of the molecule is COc1ccc(CNC(=O)C2CCN(C(=O)Nc3ccccc3)CC2)cc1. The molecule has 1 fully saturated rings. The molecule has 3 amide bonds. The average molecular weight is 367 g/mol. The van der Waals surface area contributed by atoms with Crippen LogP contribution < -0.4 is 15.4 Å². The van der Waals surface area contributed by atoms with Gasteiger partial charge in [0.2, 0.25) is 5.91 Å². The number of methoxy groups -OCH3 is 1. The Labute approximate surface area is 159 Å². The lowest BCUT2D eigenvalue weighted by molar-refractivity contribution is -0.126. The van der Waals surface area contributed by atoms with E-state index < -0.39 is 0 Å². The second kappa shape index (κ2) is 9.07. The number of rotatable bonds is 5. The first-order chi connectivity index (χ1) is 13.2. The van der Waals surface area contributed by atoms with E-state index >= 15 is 0 Å². The monoisotopic (exact) mass is 367 g/mol. The maximum atomic E-state index is 12.4. The Bertz CT molecular complexity index is 754. The molecule has 1 saturated heterocycles. The Balaban J connectivity index is 1.42. The lowest BCUT2D eigenvalue weighted by Crippen LogP contribution is -2.44. The molecule has 6 nitrogen and oxygen atoms in total. The number of amides is 3. The Hall–Kier alpha value is -3.02. The van der Waals surface area contributed by atoms with Crippen molar-refractivity contribution in [2.75, 3.05) is 25.5 Å². The fraction of sp³-hybridized carbons (Fsp3) is 0.333. The number of nitrogens with one attached hydrogen (secondary N) is 2. The van der Waals surface area contributed by atoms with E-state index in [1.807, 2.05) is 54.6 Å². The maximum absolute atomic E-state index is 12.4. The van der Waals surface area contributed by atoms with E-state index in [2.05, 4.69) is 10.6 Å². The van der Waals surface area contributed by atoms with Crippen LogP contribution in [-0.4, -0.2) is 37.0 Å². The van der Waals surface area contributed by atoms with Crippen molar-refractivity contribution in [3.8, 4) is 5.75 Å². The highest BCUT2D eigenvalue weighted by Crippen LogP contribution is 2.19. The van der Waals surface area contributed by atoms with E-state index in [1.165, 1.54) is 0 Å². The molecule has 0 saturated carbocycles. The number of para-hydroxylation sites is 1. The van der Waals surface area contributed by atoms with Gasteiger partial charge in [-0.05, 0) is 42.7 Å². The molecule has 6 heteroatoms. The summed E-state index contributed by atoms with van der Waals surface area (Å²) in [6.45, 7) is 1.66. The van der Waals surface area contributed by atoms with Crippen molar-refractivity contribution < 1.29 is 14.3 Å². The number of benzene rings is 2. The van der Waals surface area contributed by atoms with Crippen molar-refractivity contribution in [2.24, 2.45) is 5.92 Å². The molecule has 1 heterocycles. The number of hydrogen-bond acceptors (Lipinski definition) is 3. The molecule has 3 rings (SSSR count). The van der Waals surface area contributed by atoms with Crippen molar-refractivity contribution >= 4 is 17.6 Å². The van der Waals surface area contributed by atoms with Gasteiger partial charge in [-0.2, -0.15) is 0 Å². The van der Waals surface area contributed by atoms with Gasteiger partial charge in [0.05, 0.1) is 7.11 Å². The first-order valence-corrected chi connectivity index (χ1v) is 9.17. The number of likely N-dealkylation sites (tertiary alicyclic amines) is 1. The third-order valence-corrected chi connectivity index (χ3v) is 4.80. The van der Waals surface area contributed by atoms with Crippen LogP contribution in [0.3, 0.4) is 0 Å². The lowest BCUT2D eigenvalue weighted by atomic mass is 9.96. The first kappa shape index (κ1) is 18.8. The number of ether oxygens (including phenoxy) is 1. The number of carbonyl (C=O) groups is 2. The molecule has 2 aromatic carbocycles. The van der Waals surface area contributed by atoms with Gasteiger partial charge in [-0.15, -0.1) is 0 Å². The van der Waals surface area contributed by atoms with Crippen molar-refractivity contribution in [1.82, 2.24) is 10.2 Å². The average Bonchev–Trinajstić information content (AvgIpc) is 2.73. The number of carbonyl (C=O) groups excluding carboxylic acids is 2. The third kappa shape index (κ3) is 5.23. The van der Waals surface area contributed by atoms with Crippen LogP contribution in [0, 0.1) is 5.92 Å². The molecular formula is C21H25N3O3. The van der Waals surface area contributed by atoms with E-state index in [4.69, 9.17) is 4.74 Å². The van der Waals surface area contributed by atoms with Crippen LogP contribution in [0.25, 0.3) is 0 Å². The quantitative estimate of drug-likeness (QED) is 0.852. The molecule has 0 aromatic heterocycles. The van der Waals surface area contributed by atoms with Gasteiger partial charge < -0.3 is 20.3 Å². The minimum Gasteiger partial charge on any atom is -0.497 e. The van der Waals surface area contributed by atoms with Crippen LogP contribution >= 0.6 is 0 Å². The highest BCUT2D eigenvalue weighted by Gasteiger charge is 2.27. The lowest BCUT2D eigenvalue weighted by Gasteiger charge is -2.31. The summed E-state index contributed by atoms with van der Waals surface area (Å²) >= 11 is 0. The van der Waals surface area contributed by atoms with Gasteiger partial charge in [-0.25, -0.2) is 4.79 Å². The molecular weight excluding hydrogens is 342 g/mol. The van der Waals surface area contributed by atoms with E-state index in [9.17, 15) is 9.59 Å². The Morgan fingerprint density at radius 1 is 1.04 bits per heavy atom. The predicted octanol–water partition coefficient (Wildman–Crippen LogP) is 3.26. The van der Waals surface area contributed by atoms with Crippen LogP contribution in [0.4, 0.5) is 10.5 Å². The smallest absolute Gasteiger partial charge is 0.321 e. The summed E-state index contributed by atoms with van der Waals surface area (Å²) in [6, 6.07) is 16.9. The molecule has 142 valence electrons. The van der Waals surface area contributed by atoms with Crippen molar-refractivity contribution in [2.45, 2.75) is 19.4 Å². The highest BCUT2D eigenvalue weighted by molar-refractivity contribution is 5.89. The van der Waals surface area contributed by atoms with E-state index in [1.54, 1.807) is 12.0 Å². The number of hydrogen-bond donors (Lipinski definition) is 2. The molecule has 27 heavy (non-hydrogen) atoms. The molecule has 2 N–H and O–H groups in total. The summed E-state index contributed by atoms with van der Waals surface area (Å²) in [5.41, 5.74) is 1.81. The fourth-order valence-corrected chi connectivity index (χ4v) is 3.15. The van der Waals surface area contributed by atoms with E-state index in [-0.39, 0.29) is 17.9 Å². The predicted molar refractivity (Wildman–Crippen MR) is 105 cm³/mol. The second-order valence-corrected chi connectivity index (χ2v) is 6.62. The maximum Gasteiger partial charge on any atom is 0.321 e. The summed E-state index contributed by atoms with van der Waals surface area (Å²) in [4.78, 5) is 26.5. The summed E-state index contributed by atoms with van der Waals surface area (Å²) in [6.07, 6.45) is 1.35. The van der Waals surface area contributed by atoms with Crippen LogP contribution in [-0.2, 0) is 11.3 Å². The van der Waals surface area contributed by atoms with Crippen molar-refractivity contribution in [3.05, 3.63) is 60.2 Å². The second-order valence-electron chi connectivity index (χ2n) is 6.62. The molecule has 0 atom stereocenters. The van der Waals surface area contributed by atoms with Gasteiger partial charge in [-0.3, -0.25) is 4.79 Å². The molecule has 1 aliphatic heterocycles. The summed E-state index contributed by atoms with van der Waals surface area (Å²) in [7, 11) is 1.63. The molecule has 0 radical (unpaired) electrons. The highest BCUT2D eigenvalue weighted by atomic mass is 16.5. The topological polar surface area (TPSA) is 70.7 Å². The molecule has 1 aliphatic rings. The standard InChI is InChI=1S/C21H25N3O3/c1-27-19-9-7-16(8-10-19)15-22-20(25)17-11-13-24(14-12-17)21(26)23-18-5-3-2-4-6-18/h2-10,17H,11-15H2,1H3,(H,22,25)(H,23,26). The fourth-order valence-electron chi connectivity index (χ4n) is 3.15.